The molecule has 0 aliphatic heterocycles. The van der Waals surface area contributed by atoms with Crippen LogP contribution in [-0.2, 0) is 13.0 Å². The number of nitrogens with one attached hydrogen (secondary N) is 1. The van der Waals surface area contributed by atoms with Crippen LogP contribution >= 0.6 is 0 Å². The molecule has 4 aromatic rings. The van der Waals surface area contributed by atoms with E-state index >= 15 is 0 Å². The van der Waals surface area contributed by atoms with Gasteiger partial charge in [-0.15, -0.1) is 0 Å². The lowest BCUT2D eigenvalue weighted by Crippen LogP contribution is -2.23. The average Bonchev–Trinajstić information content (AvgIpc) is 2.97. The number of carbonyl (C=O) groups excluding carboxylic acids is 1. The maximum Gasteiger partial charge on any atom is 0.336 e. The Balaban J connectivity index is 0.000000239. The summed E-state index contributed by atoms with van der Waals surface area (Å²) in [6.07, 6.45) is 0.987. The zero-order chi connectivity index (χ0) is 30.1. The maximum absolute atomic E-state index is 13.2. The molecule has 4 rings (SSSR count). The molecule has 0 aliphatic carbocycles. The lowest BCUT2D eigenvalue weighted by atomic mass is 9.96. The minimum absolute atomic E-state index is 0.140. The number of carboxylic acid groups (broad SMARTS) is 1. The summed E-state index contributed by atoms with van der Waals surface area (Å²) in [5, 5.41) is 11.9. The van der Waals surface area contributed by atoms with Gasteiger partial charge in [-0.3, -0.25) is 4.79 Å². The average molecular weight is 556 g/mol. The Kier molecular flexibility index (Phi) is 10.7. The topological polar surface area (TPSA) is 66.4 Å². The highest BCUT2D eigenvalue weighted by molar-refractivity contribution is 5.96. The van der Waals surface area contributed by atoms with Crippen molar-refractivity contribution in [1.29, 1.82) is 0 Å². The lowest BCUT2D eigenvalue weighted by Gasteiger charge is -2.12. The molecule has 0 radical (unpaired) electrons. The fourth-order valence-corrected chi connectivity index (χ4v) is 4.21. The third-order valence-electron chi connectivity index (χ3n) is 6.92. The first-order valence-corrected chi connectivity index (χ1v) is 13.4. The molecule has 2 N–H and O–H groups in total. The molecule has 0 heterocycles. The van der Waals surface area contributed by atoms with Crippen LogP contribution in [0.25, 0.3) is 16.7 Å². The molecule has 0 spiro atoms. The summed E-state index contributed by atoms with van der Waals surface area (Å²) in [5.74, 6) is -2.95. The summed E-state index contributed by atoms with van der Waals surface area (Å²) < 4.78 is 26.1. The zero-order valence-corrected chi connectivity index (χ0v) is 24.0. The van der Waals surface area contributed by atoms with E-state index in [0.717, 1.165) is 46.4 Å². The van der Waals surface area contributed by atoms with Crippen LogP contribution in [0.4, 0.5) is 8.78 Å². The summed E-state index contributed by atoms with van der Waals surface area (Å²) in [4.78, 5) is 23.4. The number of benzene rings is 4. The molecule has 0 aliphatic rings. The van der Waals surface area contributed by atoms with Gasteiger partial charge < -0.3 is 10.4 Å². The highest BCUT2D eigenvalue weighted by Gasteiger charge is 2.11. The van der Waals surface area contributed by atoms with E-state index in [-0.39, 0.29) is 12.5 Å². The number of carbonyl (C=O) groups is 2. The summed E-state index contributed by atoms with van der Waals surface area (Å²) in [7, 11) is 0. The molecule has 4 aromatic carbocycles. The lowest BCUT2D eigenvalue weighted by molar-refractivity contribution is 0.0697. The van der Waals surface area contributed by atoms with E-state index in [9.17, 15) is 18.4 Å². The number of aromatic carboxylic acids is 1. The van der Waals surface area contributed by atoms with Crippen LogP contribution < -0.4 is 5.32 Å². The van der Waals surface area contributed by atoms with Gasteiger partial charge in [0.2, 0.25) is 0 Å². The van der Waals surface area contributed by atoms with Gasteiger partial charge in [0.25, 0.3) is 5.91 Å². The van der Waals surface area contributed by atoms with Crippen molar-refractivity contribution < 1.29 is 23.5 Å². The number of halogens is 2. The summed E-state index contributed by atoms with van der Waals surface area (Å²) in [6, 6.07) is 24.2. The molecule has 1 amide bonds. The van der Waals surface area contributed by atoms with E-state index in [1.54, 1.807) is 18.2 Å². The zero-order valence-electron chi connectivity index (χ0n) is 24.0. The van der Waals surface area contributed by atoms with Gasteiger partial charge in [0.1, 0.15) is 0 Å². The van der Waals surface area contributed by atoms with E-state index in [1.165, 1.54) is 17.2 Å². The normalized spacial score (nSPS) is 10.3. The third-order valence-corrected chi connectivity index (χ3v) is 6.92. The van der Waals surface area contributed by atoms with E-state index in [1.807, 2.05) is 76.2 Å². The van der Waals surface area contributed by atoms with Crippen molar-refractivity contribution in [3.8, 4) is 11.1 Å². The highest BCUT2D eigenvalue weighted by Crippen LogP contribution is 2.25. The number of rotatable bonds is 7. The van der Waals surface area contributed by atoms with Crippen molar-refractivity contribution in [3.63, 3.8) is 0 Å². The Morgan fingerprint density at radius 3 is 2.05 bits per heavy atom. The van der Waals surface area contributed by atoms with Gasteiger partial charge in [-0.1, -0.05) is 67.1 Å². The second-order valence-electron chi connectivity index (χ2n) is 9.99. The van der Waals surface area contributed by atoms with Gasteiger partial charge in [0.05, 0.1) is 5.56 Å². The van der Waals surface area contributed by atoms with Gasteiger partial charge in [-0.2, -0.15) is 0 Å². The Labute approximate surface area is 240 Å². The standard InChI is InChI=1S/C20H21F2NO.C15H14O2/c1-12(2)14(4)17-10-16(7-5-13(17)3)20(24)23-11-15-6-8-18(21)19(22)9-15;1-2-11-7-9-12(10-8-11)13-5-3-4-6-14(13)15(16)17/h5-10H,11H2,1-4H3,(H,23,24);3-10H,2H2,1H3,(H,16,17). The third kappa shape index (κ3) is 8.21. The maximum atomic E-state index is 13.2. The number of allylic oxidation sites excluding steroid dienone is 2. The summed E-state index contributed by atoms with van der Waals surface area (Å²) in [5.41, 5.74) is 8.83. The first-order valence-electron chi connectivity index (χ1n) is 13.4. The molecule has 41 heavy (non-hydrogen) atoms. The molecule has 212 valence electrons. The molecular weight excluding hydrogens is 520 g/mol. The predicted octanol–water partition coefficient (Wildman–Crippen LogP) is 8.63. The molecular formula is C35H35F2NO3. The van der Waals surface area contributed by atoms with Crippen molar-refractivity contribution in [2.24, 2.45) is 0 Å². The first kappa shape index (κ1) is 31.0. The second kappa shape index (κ2) is 14.2. The number of carboxylic acids is 1. The van der Waals surface area contributed by atoms with Gasteiger partial charge in [-0.05, 0) is 103 Å². The molecule has 0 unspecified atom stereocenters. The largest absolute Gasteiger partial charge is 0.478 e. The van der Waals surface area contributed by atoms with Crippen LogP contribution in [0.3, 0.4) is 0 Å². The Morgan fingerprint density at radius 1 is 0.780 bits per heavy atom. The van der Waals surface area contributed by atoms with Crippen LogP contribution in [0, 0.1) is 18.6 Å². The molecule has 0 bridgehead atoms. The van der Waals surface area contributed by atoms with Crippen molar-refractivity contribution in [1.82, 2.24) is 5.32 Å². The number of hydrogen-bond acceptors (Lipinski definition) is 2. The van der Waals surface area contributed by atoms with Crippen LogP contribution in [0.2, 0.25) is 0 Å². The van der Waals surface area contributed by atoms with Crippen molar-refractivity contribution in [3.05, 3.63) is 136 Å². The Bertz CT molecular complexity index is 1570. The van der Waals surface area contributed by atoms with Crippen molar-refractivity contribution in [2.75, 3.05) is 0 Å². The van der Waals surface area contributed by atoms with Crippen LogP contribution in [0.5, 0.6) is 0 Å². The minimum Gasteiger partial charge on any atom is -0.478 e. The molecule has 0 saturated heterocycles. The number of amides is 1. The Hall–Kier alpha value is -4.58. The van der Waals surface area contributed by atoms with E-state index in [0.29, 0.717) is 16.7 Å². The number of hydrogen-bond donors (Lipinski definition) is 2. The first-order chi connectivity index (χ1) is 19.5. The number of aryl methyl sites for hydroxylation is 2. The minimum atomic E-state index is -0.918. The molecule has 0 saturated carbocycles. The molecule has 0 fully saturated rings. The molecule has 4 nitrogen and oxygen atoms in total. The van der Waals surface area contributed by atoms with Gasteiger partial charge in [-0.25, -0.2) is 13.6 Å². The van der Waals surface area contributed by atoms with Gasteiger partial charge in [0, 0.05) is 12.1 Å². The summed E-state index contributed by atoms with van der Waals surface area (Å²) >= 11 is 0. The Morgan fingerprint density at radius 2 is 1.44 bits per heavy atom. The molecule has 6 heteroatoms. The van der Waals surface area contributed by atoms with Crippen LogP contribution in [0.1, 0.15) is 70.7 Å². The van der Waals surface area contributed by atoms with Crippen molar-refractivity contribution >= 4 is 17.4 Å². The fraction of sp³-hybridized carbons (Fsp3) is 0.200. The second-order valence-corrected chi connectivity index (χ2v) is 9.99. The van der Waals surface area contributed by atoms with E-state index < -0.39 is 17.6 Å². The molecule has 0 aromatic heterocycles. The van der Waals surface area contributed by atoms with Gasteiger partial charge >= 0.3 is 5.97 Å². The van der Waals surface area contributed by atoms with E-state index in [2.05, 4.69) is 12.2 Å². The predicted molar refractivity (Wildman–Crippen MR) is 161 cm³/mol. The van der Waals surface area contributed by atoms with E-state index in [4.69, 9.17) is 5.11 Å². The van der Waals surface area contributed by atoms with Crippen LogP contribution in [-0.4, -0.2) is 17.0 Å². The fourth-order valence-electron chi connectivity index (χ4n) is 4.21. The smallest absolute Gasteiger partial charge is 0.336 e. The van der Waals surface area contributed by atoms with Crippen molar-refractivity contribution in [2.45, 2.75) is 47.6 Å². The SMILES string of the molecule is CC(C)=C(C)c1cc(C(=O)NCc2ccc(F)c(F)c2)ccc1C.CCc1ccc(-c2ccccc2C(=O)O)cc1. The van der Waals surface area contributed by atoms with Gasteiger partial charge in [0.15, 0.2) is 11.6 Å². The monoisotopic (exact) mass is 555 g/mol. The summed E-state index contributed by atoms with van der Waals surface area (Å²) in [6.45, 7) is 10.3. The highest BCUT2D eigenvalue weighted by atomic mass is 19.2. The van der Waals surface area contributed by atoms with Crippen LogP contribution in [0.15, 0.2) is 90.5 Å². The quantitative estimate of drug-likeness (QED) is 0.240. The molecule has 0 atom stereocenters.